The van der Waals surface area contributed by atoms with Crippen molar-refractivity contribution in [1.82, 2.24) is 10.2 Å². The zero-order valence-electron chi connectivity index (χ0n) is 22.1. The van der Waals surface area contributed by atoms with Gasteiger partial charge in [-0.15, -0.1) is 0 Å². The second kappa shape index (κ2) is 13.2. The average molecular weight is 533 g/mol. The third kappa shape index (κ3) is 8.28. The number of benzene rings is 2. The Labute approximate surface area is 218 Å². The van der Waals surface area contributed by atoms with Gasteiger partial charge in [0.2, 0.25) is 21.8 Å². The van der Waals surface area contributed by atoms with Gasteiger partial charge in [-0.05, 0) is 37.8 Å². The van der Waals surface area contributed by atoms with E-state index in [0.717, 1.165) is 40.6 Å². The van der Waals surface area contributed by atoms with Crippen LogP contribution in [0.3, 0.4) is 0 Å². The lowest BCUT2D eigenvalue weighted by molar-refractivity contribution is -0.384. The van der Waals surface area contributed by atoms with Gasteiger partial charge in [0.25, 0.3) is 5.69 Å². The number of non-ortho nitro benzene ring substituents is 1. The maximum absolute atomic E-state index is 13.7. The molecule has 0 unspecified atom stereocenters. The van der Waals surface area contributed by atoms with Crippen LogP contribution in [-0.4, -0.2) is 55.4 Å². The third-order valence-corrected chi connectivity index (χ3v) is 7.17. The fourth-order valence-corrected chi connectivity index (χ4v) is 4.79. The van der Waals surface area contributed by atoms with Crippen LogP contribution in [0.1, 0.15) is 49.8 Å². The molecule has 2 rings (SSSR count). The molecule has 10 nitrogen and oxygen atoms in total. The molecule has 0 bridgehead atoms. The third-order valence-electron chi connectivity index (χ3n) is 6.04. The van der Waals surface area contributed by atoms with Crippen molar-refractivity contribution in [2.75, 3.05) is 23.7 Å². The molecule has 0 aliphatic rings. The molecule has 11 heteroatoms. The number of rotatable bonds is 13. The van der Waals surface area contributed by atoms with Crippen molar-refractivity contribution in [3.63, 3.8) is 0 Å². The van der Waals surface area contributed by atoms with Gasteiger partial charge in [0.1, 0.15) is 12.6 Å². The molecule has 0 aliphatic heterocycles. The zero-order valence-corrected chi connectivity index (χ0v) is 22.9. The van der Waals surface area contributed by atoms with E-state index in [-0.39, 0.29) is 23.8 Å². The molecule has 1 atom stereocenters. The average Bonchev–Trinajstić information content (AvgIpc) is 2.83. The molecule has 0 spiro atoms. The first-order valence-corrected chi connectivity index (χ1v) is 14.1. The summed E-state index contributed by atoms with van der Waals surface area (Å²) >= 11 is 0. The second-order valence-electron chi connectivity index (χ2n) is 9.07. The highest BCUT2D eigenvalue weighted by atomic mass is 32.2. The normalized spacial score (nSPS) is 12.0. The van der Waals surface area contributed by atoms with Gasteiger partial charge in [0, 0.05) is 25.2 Å². The van der Waals surface area contributed by atoms with Crippen LogP contribution in [-0.2, 0) is 26.2 Å². The fraction of sp³-hybridized carbons (Fsp3) is 0.462. The summed E-state index contributed by atoms with van der Waals surface area (Å²) < 4.78 is 26.4. The Morgan fingerprint density at radius 3 is 2.27 bits per heavy atom. The molecule has 202 valence electrons. The molecule has 37 heavy (non-hydrogen) atoms. The van der Waals surface area contributed by atoms with Gasteiger partial charge in [-0.2, -0.15) is 0 Å². The SMILES string of the molecule is CCCCNC(=O)[C@@H](CC)N(Cc1ccc(C)cc1)C(=O)CN(c1cc([N+](=O)[O-])ccc1C)S(C)(=O)=O. The molecular weight excluding hydrogens is 496 g/mol. The van der Waals surface area contributed by atoms with Crippen LogP contribution in [0, 0.1) is 24.0 Å². The predicted molar refractivity (Wildman–Crippen MR) is 144 cm³/mol. The van der Waals surface area contributed by atoms with E-state index in [4.69, 9.17) is 0 Å². The number of hydrogen-bond donors (Lipinski definition) is 1. The lowest BCUT2D eigenvalue weighted by Gasteiger charge is -2.33. The number of aryl methyl sites for hydroxylation is 2. The molecule has 2 aromatic carbocycles. The van der Waals surface area contributed by atoms with E-state index < -0.39 is 33.4 Å². The Balaban J connectivity index is 2.48. The van der Waals surface area contributed by atoms with Crippen molar-refractivity contribution >= 4 is 33.2 Å². The van der Waals surface area contributed by atoms with E-state index in [1.54, 1.807) is 13.8 Å². The number of nitro groups is 1. The minimum atomic E-state index is -4.00. The van der Waals surface area contributed by atoms with Gasteiger partial charge >= 0.3 is 0 Å². The largest absolute Gasteiger partial charge is 0.354 e. The first-order valence-electron chi connectivity index (χ1n) is 12.2. The number of unbranched alkanes of at least 4 members (excludes halogenated alkanes) is 1. The summed E-state index contributed by atoms with van der Waals surface area (Å²) in [4.78, 5) is 38.9. The maximum atomic E-state index is 13.7. The number of carbonyl (C=O) groups excluding carboxylic acids is 2. The molecule has 0 radical (unpaired) electrons. The lowest BCUT2D eigenvalue weighted by Crippen LogP contribution is -2.52. The molecule has 0 heterocycles. The van der Waals surface area contributed by atoms with Crippen LogP contribution < -0.4 is 9.62 Å². The predicted octanol–water partition coefficient (Wildman–Crippen LogP) is 3.70. The molecule has 0 saturated heterocycles. The Kier molecular flexibility index (Phi) is 10.6. The summed E-state index contributed by atoms with van der Waals surface area (Å²) in [5, 5.41) is 14.2. The summed E-state index contributed by atoms with van der Waals surface area (Å²) in [5.74, 6) is -0.900. The van der Waals surface area contributed by atoms with E-state index in [0.29, 0.717) is 18.5 Å². The fourth-order valence-electron chi connectivity index (χ4n) is 3.89. The number of sulfonamides is 1. The summed E-state index contributed by atoms with van der Waals surface area (Å²) in [7, 11) is -4.00. The van der Waals surface area contributed by atoms with Crippen LogP contribution >= 0.6 is 0 Å². The van der Waals surface area contributed by atoms with Crippen molar-refractivity contribution in [1.29, 1.82) is 0 Å². The standard InChI is InChI=1S/C26H36N4O6S/c1-6-8-15-27-26(32)23(7-2)28(17-21-12-9-19(3)10-13-21)25(31)18-29(37(5,35)36)24-16-22(30(33)34)14-11-20(24)4/h9-14,16,23H,6-8,15,17-18H2,1-5H3,(H,27,32)/t23-/m1/s1. The zero-order chi connectivity index (χ0) is 27.8. The molecule has 1 N–H and O–H groups in total. The van der Waals surface area contributed by atoms with Crippen molar-refractivity contribution in [3.8, 4) is 0 Å². The number of nitrogens with one attached hydrogen (secondary N) is 1. The van der Waals surface area contributed by atoms with Gasteiger partial charge in [-0.3, -0.25) is 24.0 Å². The topological polar surface area (TPSA) is 130 Å². The molecule has 0 fully saturated rings. The Hall–Kier alpha value is -3.47. The Bertz CT molecular complexity index is 1210. The number of nitrogens with zero attached hydrogens (tertiary/aromatic N) is 3. The maximum Gasteiger partial charge on any atom is 0.271 e. The number of hydrogen-bond acceptors (Lipinski definition) is 6. The van der Waals surface area contributed by atoms with E-state index in [1.165, 1.54) is 17.0 Å². The van der Waals surface area contributed by atoms with Crippen LogP contribution in [0.5, 0.6) is 0 Å². The van der Waals surface area contributed by atoms with Crippen molar-refractivity contribution in [2.45, 2.75) is 59.5 Å². The van der Waals surface area contributed by atoms with Crippen molar-refractivity contribution in [2.24, 2.45) is 0 Å². The van der Waals surface area contributed by atoms with Gasteiger partial charge in [0.05, 0.1) is 16.9 Å². The first-order chi connectivity index (χ1) is 17.4. The highest BCUT2D eigenvalue weighted by molar-refractivity contribution is 7.92. The van der Waals surface area contributed by atoms with E-state index in [2.05, 4.69) is 5.32 Å². The smallest absolute Gasteiger partial charge is 0.271 e. The van der Waals surface area contributed by atoms with Crippen molar-refractivity contribution in [3.05, 3.63) is 69.3 Å². The highest BCUT2D eigenvalue weighted by Gasteiger charge is 2.32. The Morgan fingerprint density at radius 1 is 1.08 bits per heavy atom. The minimum Gasteiger partial charge on any atom is -0.354 e. The summed E-state index contributed by atoms with van der Waals surface area (Å²) in [5.41, 5.74) is 2.03. The van der Waals surface area contributed by atoms with Crippen molar-refractivity contribution < 1.29 is 22.9 Å². The number of amides is 2. The van der Waals surface area contributed by atoms with Crippen LogP contribution in [0.25, 0.3) is 0 Å². The molecular formula is C26H36N4O6S. The lowest BCUT2D eigenvalue weighted by atomic mass is 10.1. The summed E-state index contributed by atoms with van der Waals surface area (Å²) in [6.45, 7) is 7.32. The van der Waals surface area contributed by atoms with Gasteiger partial charge < -0.3 is 10.2 Å². The molecule has 0 aliphatic carbocycles. The van der Waals surface area contributed by atoms with Gasteiger partial charge in [-0.25, -0.2) is 8.42 Å². The van der Waals surface area contributed by atoms with Crippen LogP contribution in [0.2, 0.25) is 0 Å². The number of anilines is 1. The number of nitro benzene ring substituents is 1. The summed E-state index contributed by atoms with van der Waals surface area (Å²) in [6.07, 6.45) is 2.96. The van der Waals surface area contributed by atoms with Crippen LogP contribution in [0.4, 0.5) is 11.4 Å². The molecule has 0 aromatic heterocycles. The van der Waals surface area contributed by atoms with E-state index in [1.807, 2.05) is 38.1 Å². The Morgan fingerprint density at radius 2 is 1.73 bits per heavy atom. The highest BCUT2D eigenvalue weighted by Crippen LogP contribution is 2.28. The minimum absolute atomic E-state index is 0.0424. The molecule has 2 aromatic rings. The monoisotopic (exact) mass is 532 g/mol. The van der Waals surface area contributed by atoms with Gasteiger partial charge in [0.15, 0.2) is 0 Å². The number of carbonyl (C=O) groups is 2. The first kappa shape index (κ1) is 29.8. The van der Waals surface area contributed by atoms with E-state index in [9.17, 15) is 28.1 Å². The molecule has 0 saturated carbocycles. The van der Waals surface area contributed by atoms with Gasteiger partial charge in [-0.1, -0.05) is 56.2 Å². The molecule has 2 amide bonds. The van der Waals surface area contributed by atoms with E-state index >= 15 is 0 Å². The summed E-state index contributed by atoms with van der Waals surface area (Å²) in [6, 6.07) is 10.5. The quantitative estimate of drug-likeness (QED) is 0.238. The van der Waals surface area contributed by atoms with Crippen LogP contribution in [0.15, 0.2) is 42.5 Å². The second-order valence-corrected chi connectivity index (χ2v) is 11.0.